The number of aliphatic hydroxyl groups excluding tert-OH is 1. The first-order valence-electron chi connectivity index (χ1n) is 7.13. The molecule has 1 saturated carbocycles. The molecule has 3 N–H and O–H groups in total. The fourth-order valence-corrected chi connectivity index (χ4v) is 2.28. The molecule has 2 rings (SSSR count). The molecule has 1 aromatic rings. The van der Waals surface area contributed by atoms with Crippen molar-refractivity contribution >= 4 is 17.7 Å². The Balaban J connectivity index is 1.98. The van der Waals surface area contributed by atoms with Gasteiger partial charge in [0.25, 0.3) is 0 Å². The van der Waals surface area contributed by atoms with Crippen LogP contribution in [-0.2, 0) is 0 Å². The summed E-state index contributed by atoms with van der Waals surface area (Å²) in [5.74, 6) is -0.994. The molecule has 0 radical (unpaired) electrons. The predicted octanol–water partition coefficient (Wildman–Crippen LogP) is 2.15. The minimum absolute atomic E-state index is 0.0593. The van der Waals surface area contributed by atoms with E-state index in [1.54, 1.807) is 17.0 Å². The summed E-state index contributed by atoms with van der Waals surface area (Å²) in [7, 11) is 0. The van der Waals surface area contributed by atoms with Crippen LogP contribution in [0, 0.1) is 0 Å². The zero-order chi connectivity index (χ0) is 15.2. The minimum Gasteiger partial charge on any atom is -0.478 e. The summed E-state index contributed by atoms with van der Waals surface area (Å²) in [5, 5.41) is 20.5. The number of urea groups is 1. The van der Waals surface area contributed by atoms with Crippen molar-refractivity contribution < 1.29 is 19.8 Å². The molecule has 114 valence electrons. The lowest BCUT2D eigenvalue weighted by Crippen LogP contribution is -2.46. The zero-order valence-corrected chi connectivity index (χ0v) is 11.8. The highest BCUT2D eigenvalue weighted by Gasteiger charge is 2.28. The standard InChI is InChI=1S/C15H20N2O4/c18-10-2-9-17(13-3-1-4-13)15(21)16-12-7-5-11(6-8-12)14(19)20/h5-8,13,18H,1-4,9-10H2,(H,16,21)(H,19,20). The van der Waals surface area contributed by atoms with E-state index >= 15 is 0 Å². The number of nitrogens with one attached hydrogen (secondary N) is 1. The van der Waals surface area contributed by atoms with Crippen molar-refractivity contribution in [3.8, 4) is 0 Å². The second-order valence-corrected chi connectivity index (χ2v) is 5.17. The van der Waals surface area contributed by atoms with Crippen LogP contribution in [0.4, 0.5) is 10.5 Å². The first kappa shape index (κ1) is 15.3. The summed E-state index contributed by atoms with van der Waals surface area (Å²) in [6.45, 7) is 0.587. The number of hydrogen-bond acceptors (Lipinski definition) is 3. The van der Waals surface area contributed by atoms with Gasteiger partial charge in [0.2, 0.25) is 0 Å². The van der Waals surface area contributed by atoms with Gasteiger partial charge in [0.05, 0.1) is 5.56 Å². The van der Waals surface area contributed by atoms with Gasteiger partial charge in [0.15, 0.2) is 0 Å². The van der Waals surface area contributed by atoms with E-state index in [1.165, 1.54) is 12.1 Å². The van der Waals surface area contributed by atoms with Crippen molar-refractivity contribution in [3.63, 3.8) is 0 Å². The van der Waals surface area contributed by atoms with Gasteiger partial charge in [-0.3, -0.25) is 0 Å². The molecule has 0 spiro atoms. The van der Waals surface area contributed by atoms with Gasteiger partial charge in [-0.1, -0.05) is 0 Å². The number of carboxylic acids is 1. The third-order valence-electron chi connectivity index (χ3n) is 3.72. The van der Waals surface area contributed by atoms with E-state index < -0.39 is 5.97 Å². The molecular formula is C15H20N2O4. The number of carbonyl (C=O) groups is 2. The lowest BCUT2D eigenvalue weighted by atomic mass is 9.91. The smallest absolute Gasteiger partial charge is 0.335 e. The van der Waals surface area contributed by atoms with Crippen LogP contribution in [0.25, 0.3) is 0 Å². The molecule has 1 aromatic carbocycles. The molecular weight excluding hydrogens is 272 g/mol. The van der Waals surface area contributed by atoms with E-state index in [-0.39, 0.29) is 24.2 Å². The number of carboxylic acid groups (broad SMARTS) is 1. The number of hydrogen-bond donors (Lipinski definition) is 3. The minimum atomic E-state index is -0.994. The highest BCUT2D eigenvalue weighted by atomic mass is 16.4. The fraction of sp³-hybridized carbons (Fsp3) is 0.467. The second-order valence-electron chi connectivity index (χ2n) is 5.17. The summed E-state index contributed by atoms with van der Waals surface area (Å²) >= 11 is 0. The van der Waals surface area contributed by atoms with Crippen LogP contribution >= 0.6 is 0 Å². The molecule has 6 nitrogen and oxygen atoms in total. The van der Waals surface area contributed by atoms with E-state index in [2.05, 4.69) is 5.32 Å². The summed E-state index contributed by atoms with van der Waals surface area (Å²) in [6, 6.07) is 6.11. The summed E-state index contributed by atoms with van der Waals surface area (Å²) in [5.41, 5.74) is 0.752. The monoisotopic (exact) mass is 292 g/mol. The van der Waals surface area contributed by atoms with Gasteiger partial charge in [0, 0.05) is 24.9 Å². The van der Waals surface area contributed by atoms with Gasteiger partial charge in [-0.15, -0.1) is 0 Å². The number of nitrogens with zero attached hydrogens (tertiary/aromatic N) is 1. The summed E-state index contributed by atoms with van der Waals surface area (Å²) in [4.78, 5) is 24.8. The van der Waals surface area contributed by atoms with E-state index in [4.69, 9.17) is 10.2 Å². The van der Waals surface area contributed by atoms with Crippen LogP contribution in [0.5, 0.6) is 0 Å². The van der Waals surface area contributed by atoms with Gasteiger partial charge in [0.1, 0.15) is 0 Å². The Hall–Kier alpha value is -2.08. The number of aliphatic hydroxyl groups is 1. The number of amides is 2. The molecule has 1 fully saturated rings. The van der Waals surface area contributed by atoms with Gasteiger partial charge in [-0.25, -0.2) is 9.59 Å². The Morgan fingerprint density at radius 3 is 2.38 bits per heavy atom. The second kappa shape index (κ2) is 7.08. The lowest BCUT2D eigenvalue weighted by Gasteiger charge is -2.37. The number of anilines is 1. The number of carbonyl (C=O) groups excluding carboxylic acids is 1. The largest absolute Gasteiger partial charge is 0.478 e. The molecule has 0 unspecified atom stereocenters. The first-order chi connectivity index (χ1) is 10.1. The average Bonchev–Trinajstić information content (AvgIpc) is 2.41. The maximum Gasteiger partial charge on any atom is 0.335 e. The molecule has 1 aliphatic carbocycles. The molecule has 0 atom stereocenters. The van der Waals surface area contributed by atoms with Crippen molar-refractivity contribution in [1.82, 2.24) is 4.90 Å². The number of benzene rings is 1. The zero-order valence-electron chi connectivity index (χ0n) is 11.8. The lowest BCUT2D eigenvalue weighted by molar-refractivity contribution is 0.0697. The first-order valence-corrected chi connectivity index (χ1v) is 7.13. The number of rotatable bonds is 6. The summed E-state index contributed by atoms with van der Waals surface area (Å²) in [6.07, 6.45) is 3.68. The number of aromatic carboxylic acids is 1. The van der Waals surface area contributed by atoms with Crippen molar-refractivity contribution in [1.29, 1.82) is 0 Å². The Bertz CT molecular complexity index is 497. The van der Waals surface area contributed by atoms with Crippen molar-refractivity contribution in [2.75, 3.05) is 18.5 Å². The Labute approximate surface area is 123 Å². The van der Waals surface area contributed by atoms with Gasteiger partial charge in [-0.2, -0.15) is 0 Å². The molecule has 0 heterocycles. The van der Waals surface area contributed by atoms with E-state index in [9.17, 15) is 9.59 Å². The van der Waals surface area contributed by atoms with Gasteiger partial charge in [-0.05, 0) is 49.9 Å². The molecule has 1 aliphatic rings. The SMILES string of the molecule is O=C(O)c1ccc(NC(=O)N(CCCO)C2CCC2)cc1. The highest BCUT2D eigenvalue weighted by molar-refractivity contribution is 5.91. The molecule has 6 heteroatoms. The third kappa shape index (κ3) is 3.95. The Morgan fingerprint density at radius 2 is 1.90 bits per heavy atom. The maximum absolute atomic E-state index is 12.3. The van der Waals surface area contributed by atoms with E-state index in [1.807, 2.05) is 0 Å². The maximum atomic E-state index is 12.3. The van der Waals surface area contributed by atoms with Crippen molar-refractivity contribution in [3.05, 3.63) is 29.8 Å². The molecule has 21 heavy (non-hydrogen) atoms. The normalized spacial score (nSPS) is 14.3. The van der Waals surface area contributed by atoms with E-state index in [0.717, 1.165) is 19.3 Å². The van der Waals surface area contributed by atoms with Crippen LogP contribution in [0.1, 0.15) is 36.0 Å². The predicted molar refractivity (Wildman–Crippen MR) is 78.5 cm³/mol. The van der Waals surface area contributed by atoms with Crippen LogP contribution in [0.2, 0.25) is 0 Å². The molecule has 0 aliphatic heterocycles. The van der Waals surface area contributed by atoms with Crippen LogP contribution in [0.3, 0.4) is 0 Å². The quantitative estimate of drug-likeness (QED) is 0.749. The molecule has 0 saturated heterocycles. The van der Waals surface area contributed by atoms with Crippen LogP contribution < -0.4 is 5.32 Å². The Kier molecular flexibility index (Phi) is 5.16. The average molecular weight is 292 g/mol. The van der Waals surface area contributed by atoms with Crippen LogP contribution in [-0.4, -0.2) is 46.3 Å². The van der Waals surface area contributed by atoms with Crippen molar-refractivity contribution in [2.24, 2.45) is 0 Å². The topological polar surface area (TPSA) is 89.9 Å². The molecule has 0 bridgehead atoms. The van der Waals surface area contributed by atoms with Gasteiger partial charge < -0.3 is 20.4 Å². The van der Waals surface area contributed by atoms with E-state index in [0.29, 0.717) is 18.7 Å². The fourth-order valence-electron chi connectivity index (χ4n) is 2.28. The van der Waals surface area contributed by atoms with Crippen molar-refractivity contribution in [2.45, 2.75) is 31.7 Å². The van der Waals surface area contributed by atoms with Gasteiger partial charge >= 0.3 is 12.0 Å². The summed E-state index contributed by atoms with van der Waals surface area (Å²) < 4.78 is 0. The molecule has 2 amide bonds. The molecule has 0 aromatic heterocycles. The Morgan fingerprint density at radius 1 is 1.24 bits per heavy atom. The third-order valence-corrected chi connectivity index (χ3v) is 3.72. The van der Waals surface area contributed by atoms with Crippen LogP contribution in [0.15, 0.2) is 24.3 Å². The highest BCUT2D eigenvalue weighted by Crippen LogP contribution is 2.25.